The molecule has 1 spiro atoms. The van der Waals surface area contributed by atoms with Gasteiger partial charge in [-0.3, -0.25) is 0 Å². The molecule has 0 aromatic carbocycles. The van der Waals surface area contributed by atoms with E-state index in [1.54, 1.807) is 0 Å². The molecule has 4 nitrogen and oxygen atoms in total. The maximum absolute atomic E-state index is 3.53. The van der Waals surface area contributed by atoms with Gasteiger partial charge in [0.15, 0.2) is 0 Å². The highest BCUT2D eigenvalue weighted by Crippen LogP contribution is 2.38. The standard InChI is InChI=1S/C14H24N4/c1-15-12-10-16-6-2-13(12)18-8-4-14(5-9-18)3-7-17-11-14/h2,10,15-17H,3-9,11H2,1H3. The summed E-state index contributed by atoms with van der Waals surface area (Å²) in [4.78, 5) is 2.55. The summed E-state index contributed by atoms with van der Waals surface area (Å²) in [7, 11) is 2.00. The van der Waals surface area contributed by atoms with E-state index in [4.69, 9.17) is 0 Å². The summed E-state index contributed by atoms with van der Waals surface area (Å²) in [5.41, 5.74) is 3.21. The van der Waals surface area contributed by atoms with Crippen LogP contribution in [0.4, 0.5) is 0 Å². The molecule has 0 amide bonds. The zero-order valence-corrected chi connectivity index (χ0v) is 11.3. The van der Waals surface area contributed by atoms with Crippen molar-refractivity contribution in [3.05, 3.63) is 23.7 Å². The number of rotatable bonds is 2. The highest BCUT2D eigenvalue weighted by atomic mass is 15.2. The molecule has 2 fully saturated rings. The van der Waals surface area contributed by atoms with Gasteiger partial charge in [-0.15, -0.1) is 0 Å². The van der Waals surface area contributed by atoms with Crippen molar-refractivity contribution in [2.75, 3.05) is 39.8 Å². The van der Waals surface area contributed by atoms with Gasteiger partial charge >= 0.3 is 0 Å². The third-order valence-corrected chi connectivity index (χ3v) is 4.70. The summed E-state index contributed by atoms with van der Waals surface area (Å²) in [6.07, 6.45) is 8.44. The van der Waals surface area contributed by atoms with Crippen molar-refractivity contribution in [2.45, 2.75) is 19.3 Å². The molecule has 0 aromatic rings. The van der Waals surface area contributed by atoms with Crippen LogP contribution < -0.4 is 16.0 Å². The Bertz CT molecular complexity index is 356. The van der Waals surface area contributed by atoms with Gasteiger partial charge in [0.05, 0.1) is 11.4 Å². The Hall–Kier alpha value is -1.16. The molecule has 3 N–H and O–H groups in total. The smallest absolute Gasteiger partial charge is 0.0732 e. The van der Waals surface area contributed by atoms with Crippen LogP contribution in [0.2, 0.25) is 0 Å². The maximum atomic E-state index is 3.53. The van der Waals surface area contributed by atoms with Crippen LogP contribution in [0.1, 0.15) is 19.3 Å². The Morgan fingerprint density at radius 3 is 2.78 bits per heavy atom. The van der Waals surface area contributed by atoms with E-state index in [1.807, 2.05) is 7.05 Å². The number of likely N-dealkylation sites (N-methyl/N-ethyl adjacent to an activating group) is 1. The van der Waals surface area contributed by atoms with E-state index in [1.165, 1.54) is 56.8 Å². The third-order valence-electron chi connectivity index (χ3n) is 4.70. The van der Waals surface area contributed by atoms with Gasteiger partial charge in [0.25, 0.3) is 0 Å². The number of likely N-dealkylation sites (tertiary alicyclic amines) is 1. The number of hydrogen-bond acceptors (Lipinski definition) is 4. The van der Waals surface area contributed by atoms with E-state index < -0.39 is 0 Å². The molecule has 3 aliphatic rings. The molecular weight excluding hydrogens is 224 g/mol. The van der Waals surface area contributed by atoms with E-state index in [2.05, 4.69) is 33.1 Å². The Morgan fingerprint density at radius 1 is 1.28 bits per heavy atom. The molecule has 18 heavy (non-hydrogen) atoms. The first-order valence-electron chi connectivity index (χ1n) is 7.11. The molecule has 100 valence electrons. The van der Waals surface area contributed by atoms with Gasteiger partial charge in [0.1, 0.15) is 0 Å². The Kier molecular flexibility index (Phi) is 3.20. The Morgan fingerprint density at radius 2 is 2.11 bits per heavy atom. The van der Waals surface area contributed by atoms with Crippen LogP contribution in [0.15, 0.2) is 23.7 Å². The van der Waals surface area contributed by atoms with Gasteiger partial charge in [0, 0.05) is 39.4 Å². The maximum Gasteiger partial charge on any atom is 0.0732 e. The van der Waals surface area contributed by atoms with Gasteiger partial charge in [0.2, 0.25) is 0 Å². The first-order chi connectivity index (χ1) is 8.83. The minimum Gasteiger partial charge on any atom is -0.386 e. The van der Waals surface area contributed by atoms with Crippen molar-refractivity contribution in [1.82, 2.24) is 20.9 Å². The first kappa shape index (κ1) is 11.9. The lowest BCUT2D eigenvalue weighted by Crippen LogP contribution is -2.42. The quantitative estimate of drug-likeness (QED) is 0.669. The molecular formula is C14H24N4. The number of nitrogens with zero attached hydrogens (tertiary/aromatic N) is 1. The van der Waals surface area contributed by atoms with Crippen molar-refractivity contribution in [2.24, 2.45) is 5.41 Å². The normalized spacial score (nSPS) is 26.6. The third kappa shape index (κ3) is 2.09. The Labute approximate surface area is 109 Å². The van der Waals surface area contributed by atoms with Crippen LogP contribution in [-0.2, 0) is 0 Å². The van der Waals surface area contributed by atoms with Gasteiger partial charge in [-0.1, -0.05) is 0 Å². The average molecular weight is 248 g/mol. The molecule has 0 aliphatic carbocycles. The van der Waals surface area contributed by atoms with Crippen molar-refractivity contribution in [3.63, 3.8) is 0 Å². The van der Waals surface area contributed by atoms with Crippen molar-refractivity contribution in [3.8, 4) is 0 Å². The summed E-state index contributed by atoms with van der Waals surface area (Å²) in [5, 5.41) is 10.1. The molecule has 0 saturated carbocycles. The van der Waals surface area contributed by atoms with Crippen LogP contribution in [-0.4, -0.2) is 44.7 Å². The highest BCUT2D eigenvalue weighted by Gasteiger charge is 2.37. The second-order valence-electron chi connectivity index (χ2n) is 5.72. The van der Waals surface area contributed by atoms with Gasteiger partial charge in [-0.25, -0.2) is 0 Å². The number of hydrogen-bond donors (Lipinski definition) is 3. The van der Waals surface area contributed by atoms with Crippen LogP contribution >= 0.6 is 0 Å². The van der Waals surface area contributed by atoms with Gasteiger partial charge < -0.3 is 20.9 Å². The van der Waals surface area contributed by atoms with E-state index in [0.29, 0.717) is 5.41 Å². The van der Waals surface area contributed by atoms with Crippen molar-refractivity contribution < 1.29 is 0 Å². The fourth-order valence-electron chi connectivity index (χ4n) is 3.44. The van der Waals surface area contributed by atoms with Crippen LogP contribution in [0, 0.1) is 5.41 Å². The van der Waals surface area contributed by atoms with Gasteiger partial charge in [-0.2, -0.15) is 0 Å². The molecule has 3 aliphatic heterocycles. The zero-order chi connectivity index (χ0) is 12.4. The molecule has 0 bridgehead atoms. The van der Waals surface area contributed by atoms with Crippen LogP contribution in [0.5, 0.6) is 0 Å². The van der Waals surface area contributed by atoms with Crippen molar-refractivity contribution >= 4 is 0 Å². The van der Waals surface area contributed by atoms with E-state index in [9.17, 15) is 0 Å². The van der Waals surface area contributed by atoms with E-state index >= 15 is 0 Å². The SMILES string of the molecule is CNC1=CNCC=C1N1CCC2(CCNC2)CC1. The fraction of sp³-hybridized carbons (Fsp3) is 0.714. The summed E-state index contributed by atoms with van der Waals surface area (Å²) in [6, 6.07) is 0. The lowest BCUT2D eigenvalue weighted by Gasteiger charge is -2.41. The van der Waals surface area contributed by atoms with E-state index in [0.717, 1.165) is 6.54 Å². The van der Waals surface area contributed by atoms with Crippen LogP contribution in [0.25, 0.3) is 0 Å². The molecule has 0 aromatic heterocycles. The predicted octanol–water partition coefficient (Wildman–Crippen LogP) is 0.610. The summed E-state index contributed by atoms with van der Waals surface area (Å²) in [6.45, 7) is 5.80. The average Bonchev–Trinajstić information content (AvgIpc) is 2.88. The minimum atomic E-state index is 0.605. The molecule has 3 rings (SSSR count). The molecule has 4 heteroatoms. The number of nitrogens with one attached hydrogen (secondary N) is 3. The summed E-state index contributed by atoms with van der Waals surface area (Å²) >= 11 is 0. The molecule has 2 saturated heterocycles. The second-order valence-corrected chi connectivity index (χ2v) is 5.72. The highest BCUT2D eigenvalue weighted by molar-refractivity contribution is 5.31. The zero-order valence-electron chi connectivity index (χ0n) is 11.3. The Balaban J connectivity index is 1.65. The first-order valence-corrected chi connectivity index (χ1v) is 7.11. The molecule has 0 unspecified atom stereocenters. The second kappa shape index (κ2) is 4.84. The lowest BCUT2D eigenvalue weighted by atomic mass is 9.77. The number of piperidine rings is 1. The molecule has 0 atom stereocenters. The lowest BCUT2D eigenvalue weighted by molar-refractivity contribution is 0.145. The fourth-order valence-corrected chi connectivity index (χ4v) is 3.44. The summed E-state index contributed by atoms with van der Waals surface area (Å²) < 4.78 is 0. The predicted molar refractivity (Wildman–Crippen MR) is 74.0 cm³/mol. The number of dihydropyridines is 1. The van der Waals surface area contributed by atoms with Crippen molar-refractivity contribution in [1.29, 1.82) is 0 Å². The van der Waals surface area contributed by atoms with Crippen LogP contribution in [0.3, 0.4) is 0 Å². The minimum absolute atomic E-state index is 0.605. The largest absolute Gasteiger partial charge is 0.386 e. The van der Waals surface area contributed by atoms with Gasteiger partial charge in [-0.05, 0) is 37.3 Å². The monoisotopic (exact) mass is 248 g/mol. The molecule has 3 heterocycles. The van der Waals surface area contributed by atoms with E-state index in [-0.39, 0.29) is 0 Å². The summed E-state index contributed by atoms with van der Waals surface area (Å²) in [5.74, 6) is 0. The molecule has 0 radical (unpaired) electrons. The topological polar surface area (TPSA) is 39.3 Å².